The number of hydrogen-bond donors (Lipinski definition) is 1. The molecule has 0 amide bonds. The number of nitrogens with one attached hydrogen (secondary N) is 1. The number of nitriles is 1. The SMILES string of the molecule is CC(Cc1c(F)cccc1F)NCc1cc(C#N)n(C)c1. The van der Waals surface area contributed by atoms with Crippen molar-refractivity contribution in [3.8, 4) is 6.07 Å². The van der Waals surface area contributed by atoms with Crippen molar-refractivity contribution in [3.05, 3.63) is 58.9 Å². The molecule has 1 aromatic carbocycles. The molecular weight excluding hydrogens is 272 g/mol. The molecule has 1 N–H and O–H groups in total. The maximum atomic E-state index is 13.6. The largest absolute Gasteiger partial charge is 0.342 e. The van der Waals surface area contributed by atoms with Crippen molar-refractivity contribution >= 4 is 0 Å². The van der Waals surface area contributed by atoms with Crippen LogP contribution >= 0.6 is 0 Å². The van der Waals surface area contributed by atoms with Crippen molar-refractivity contribution in [1.29, 1.82) is 5.26 Å². The van der Waals surface area contributed by atoms with Crippen LogP contribution in [0.25, 0.3) is 0 Å². The van der Waals surface area contributed by atoms with Crippen LogP contribution in [0.2, 0.25) is 0 Å². The van der Waals surface area contributed by atoms with Crippen LogP contribution in [-0.2, 0) is 20.0 Å². The molecule has 3 nitrogen and oxygen atoms in total. The Kier molecular flexibility index (Phi) is 4.71. The van der Waals surface area contributed by atoms with Gasteiger partial charge in [-0.1, -0.05) is 6.07 Å². The van der Waals surface area contributed by atoms with Crippen LogP contribution in [0.4, 0.5) is 8.78 Å². The van der Waals surface area contributed by atoms with Crippen LogP contribution in [0.1, 0.15) is 23.7 Å². The van der Waals surface area contributed by atoms with Crippen molar-refractivity contribution in [3.63, 3.8) is 0 Å². The number of benzene rings is 1. The highest BCUT2D eigenvalue weighted by Gasteiger charge is 2.12. The van der Waals surface area contributed by atoms with Gasteiger partial charge in [0.1, 0.15) is 23.4 Å². The van der Waals surface area contributed by atoms with Gasteiger partial charge in [-0.2, -0.15) is 5.26 Å². The summed E-state index contributed by atoms with van der Waals surface area (Å²) in [6.07, 6.45) is 2.14. The van der Waals surface area contributed by atoms with Crippen molar-refractivity contribution in [1.82, 2.24) is 9.88 Å². The van der Waals surface area contributed by atoms with Crippen molar-refractivity contribution in [2.45, 2.75) is 25.9 Å². The highest BCUT2D eigenvalue weighted by Crippen LogP contribution is 2.14. The number of aromatic nitrogens is 1. The average molecular weight is 289 g/mol. The molecule has 0 aliphatic rings. The first kappa shape index (κ1) is 15.2. The van der Waals surface area contributed by atoms with E-state index < -0.39 is 11.6 Å². The second kappa shape index (κ2) is 6.51. The van der Waals surface area contributed by atoms with E-state index in [1.807, 2.05) is 13.1 Å². The minimum absolute atomic E-state index is 0.0814. The lowest BCUT2D eigenvalue weighted by Gasteiger charge is -2.14. The second-order valence-electron chi connectivity index (χ2n) is 5.14. The summed E-state index contributed by atoms with van der Waals surface area (Å²) in [6.45, 7) is 2.42. The maximum absolute atomic E-state index is 13.6. The fourth-order valence-corrected chi connectivity index (χ4v) is 2.24. The van der Waals surface area contributed by atoms with Crippen LogP contribution in [0.5, 0.6) is 0 Å². The van der Waals surface area contributed by atoms with E-state index >= 15 is 0 Å². The van der Waals surface area contributed by atoms with Crippen LogP contribution in [0.3, 0.4) is 0 Å². The monoisotopic (exact) mass is 289 g/mol. The van der Waals surface area contributed by atoms with Gasteiger partial charge in [-0.3, -0.25) is 0 Å². The van der Waals surface area contributed by atoms with E-state index in [0.29, 0.717) is 12.2 Å². The molecule has 2 rings (SSSR count). The predicted molar refractivity (Wildman–Crippen MR) is 76.5 cm³/mol. The minimum atomic E-state index is -0.518. The Morgan fingerprint density at radius 3 is 2.57 bits per heavy atom. The molecule has 0 fully saturated rings. The predicted octanol–water partition coefficient (Wildman–Crippen LogP) is 2.90. The van der Waals surface area contributed by atoms with Gasteiger partial charge in [0.2, 0.25) is 0 Å². The van der Waals surface area contributed by atoms with Crippen LogP contribution in [-0.4, -0.2) is 10.6 Å². The van der Waals surface area contributed by atoms with E-state index in [1.54, 1.807) is 17.7 Å². The van der Waals surface area contributed by atoms with Gasteiger partial charge in [-0.05, 0) is 37.1 Å². The molecule has 0 aliphatic carbocycles. The molecule has 1 heterocycles. The summed E-state index contributed by atoms with van der Waals surface area (Å²) in [4.78, 5) is 0. The van der Waals surface area contributed by atoms with Gasteiger partial charge in [0, 0.05) is 31.4 Å². The smallest absolute Gasteiger partial charge is 0.129 e. The Labute approximate surface area is 122 Å². The second-order valence-corrected chi connectivity index (χ2v) is 5.14. The molecule has 1 unspecified atom stereocenters. The quantitative estimate of drug-likeness (QED) is 0.919. The maximum Gasteiger partial charge on any atom is 0.129 e. The molecule has 0 aliphatic heterocycles. The zero-order valence-corrected chi connectivity index (χ0v) is 12.0. The van der Waals surface area contributed by atoms with E-state index in [9.17, 15) is 8.78 Å². The number of hydrogen-bond acceptors (Lipinski definition) is 2. The summed E-state index contributed by atoms with van der Waals surface area (Å²) in [6, 6.07) is 7.70. The van der Waals surface area contributed by atoms with Gasteiger partial charge in [0.15, 0.2) is 0 Å². The molecule has 0 saturated heterocycles. The minimum Gasteiger partial charge on any atom is -0.342 e. The molecule has 21 heavy (non-hydrogen) atoms. The molecule has 0 saturated carbocycles. The third-order valence-electron chi connectivity index (χ3n) is 3.40. The van der Waals surface area contributed by atoms with Crippen molar-refractivity contribution in [2.24, 2.45) is 7.05 Å². The lowest BCUT2D eigenvalue weighted by atomic mass is 10.1. The number of aryl methyl sites for hydroxylation is 1. The molecule has 1 atom stereocenters. The molecule has 110 valence electrons. The molecule has 0 spiro atoms. The summed E-state index contributed by atoms with van der Waals surface area (Å²) in [7, 11) is 1.81. The molecule has 2 aromatic rings. The van der Waals surface area contributed by atoms with E-state index in [0.717, 1.165) is 5.56 Å². The van der Waals surface area contributed by atoms with E-state index in [2.05, 4.69) is 11.4 Å². The molecule has 1 aromatic heterocycles. The Hall–Kier alpha value is -2.19. The van der Waals surface area contributed by atoms with Gasteiger partial charge in [0.25, 0.3) is 0 Å². The van der Waals surface area contributed by atoms with Gasteiger partial charge < -0.3 is 9.88 Å². The fourth-order valence-electron chi connectivity index (χ4n) is 2.24. The highest BCUT2D eigenvalue weighted by molar-refractivity contribution is 5.28. The van der Waals surface area contributed by atoms with Gasteiger partial charge in [0.05, 0.1) is 0 Å². The van der Waals surface area contributed by atoms with Crippen LogP contribution in [0.15, 0.2) is 30.5 Å². The first-order chi connectivity index (χ1) is 10.0. The third-order valence-corrected chi connectivity index (χ3v) is 3.40. The van der Waals surface area contributed by atoms with Gasteiger partial charge >= 0.3 is 0 Å². The summed E-state index contributed by atoms with van der Waals surface area (Å²) in [5.41, 5.74) is 1.65. The topological polar surface area (TPSA) is 40.8 Å². The number of halogens is 2. The lowest BCUT2D eigenvalue weighted by molar-refractivity contribution is 0.499. The lowest BCUT2D eigenvalue weighted by Crippen LogP contribution is -2.28. The average Bonchev–Trinajstić information content (AvgIpc) is 2.81. The standard InChI is InChI=1S/C16H17F2N3/c1-11(6-14-15(17)4-3-5-16(14)18)20-9-12-7-13(8-19)21(2)10-12/h3-5,7,10-11,20H,6,9H2,1-2H3. The van der Waals surface area contributed by atoms with Crippen LogP contribution < -0.4 is 5.32 Å². The first-order valence-corrected chi connectivity index (χ1v) is 6.73. The van der Waals surface area contributed by atoms with Gasteiger partial charge in [-0.15, -0.1) is 0 Å². The fraction of sp³-hybridized carbons (Fsp3) is 0.312. The zero-order chi connectivity index (χ0) is 15.4. The first-order valence-electron chi connectivity index (χ1n) is 6.73. The summed E-state index contributed by atoms with van der Waals surface area (Å²) in [5, 5.41) is 12.1. The Balaban J connectivity index is 1.96. The molecule has 0 radical (unpaired) electrons. The van der Waals surface area contributed by atoms with Crippen molar-refractivity contribution < 1.29 is 8.78 Å². The summed E-state index contributed by atoms with van der Waals surface area (Å²) in [5.74, 6) is -1.04. The summed E-state index contributed by atoms with van der Waals surface area (Å²) >= 11 is 0. The number of nitrogens with zero attached hydrogens (tertiary/aromatic N) is 2. The summed E-state index contributed by atoms with van der Waals surface area (Å²) < 4.78 is 28.9. The van der Waals surface area contributed by atoms with E-state index in [-0.39, 0.29) is 18.0 Å². The van der Waals surface area contributed by atoms with E-state index in [1.165, 1.54) is 18.2 Å². The molecule has 0 bridgehead atoms. The zero-order valence-electron chi connectivity index (χ0n) is 12.0. The molecule has 5 heteroatoms. The van der Waals surface area contributed by atoms with Crippen LogP contribution in [0, 0.1) is 23.0 Å². The third kappa shape index (κ3) is 3.67. The Bertz CT molecular complexity index is 650. The van der Waals surface area contributed by atoms with Crippen molar-refractivity contribution in [2.75, 3.05) is 0 Å². The van der Waals surface area contributed by atoms with Gasteiger partial charge in [-0.25, -0.2) is 8.78 Å². The number of rotatable bonds is 5. The highest BCUT2D eigenvalue weighted by atomic mass is 19.1. The Morgan fingerprint density at radius 1 is 1.33 bits per heavy atom. The molecular formula is C16H17F2N3. The van der Waals surface area contributed by atoms with E-state index in [4.69, 9.17) is 5.26 Å². The normalized spacial score (nSPS) is 12.1. The Morgan fingerprint density at radius 2 is 2.00 bits per heavy atom.